The summed E-state index contributed by atoms with van der Waals surface area (Å²) >= 11 is 0. The molecular weight excluding hydrogens is 278 g/mol. The minimum Gasteiger partial charge on any atom is -0.461 e. The highest BCUT2D eigenvalue weighted by Gasteiger charge is 2.21. The average molecular weight is 299 g/mol. The number of hydrogen-bond acceptors (Lipinski definition) is 7. The lowest BCUT2D eigenvalue weighted by molar-refractivity contribution is -0.122. The van der Waals surface area contributed by atoms with E-state index in [9.17, 15) is 9.59 Å². The van der Waals surface area contributed by atoms with Crippen molar-refractivity contribution in [1.82, 2.24) is 20.3 Å². The van der Waals surface area contributed by atoms with Crippen molar-refractivity contribution >= 4 is 11.9 Å². The van der Waals surface area contributed by atoms with Gasteiger partial charge < -0.3 is 20.5 Å². The van der Waals surface area contributed by atoms with Gasteiger partial charge in [-0.3, -0.25) is 4.79 Å². The van der Waals surface area contributed by atoms with Crippen LogP contribution in [0.4, 0.5) is 0 Å². The molecule has 0 spiro atoms. The molecule has 3 N–H and O–H groups in total. The molecule has 0 saturated heterocycles. The van der Waals surface area contributed by atoms with Gasteiger partial charge in [-0.15, -0.1) is 5.10 Å². The van der Waals surface area contributed by atoms with Crippen LogP contribution in [0.15, 0.2) is 0 Å². The fourth-order valence-corrected chi connectivity index (χ4v) is 1.77. The van der Waals surface area contributed by atoms with Gasteiger partial charge in [0.2, 0.25) is 5.91 Å². The van der Waals surface area contributed by atoms with Crippen LogP contribution in [0.5, 0.6) is 0 Å². The van der Waals surface area contributed by atoms with Crippen molar-refractivity contribution in [2.45, 2.75) is 33.0 Å². The summed E-state index contributed by atoms with van der Waals surface area (Å²) in [6, 6.07) is -0.128. The molecule has 118 valence electrons. The first-order valence-corrected chi connectivity index (χ1v) is 6.61. The monoisotopic (exact) mass is 299 g/mol. The Morgan fingerprint density at radius 2 is 2.19 bits per heavy atom. The fourth-order valence-electron chi connectivity index (χ4n) is 1.77. The Balaban J connectivity index is 2.75. The molecule has 0 radical (unpaired) electrons. The number of methoxy groups -OCH3 is 1. The lowest BCUT2D eigenvalue weighted by Crippen LogP contribution is -2.38. The summed E-state index contributed by atoms with van der Waals surface area (Å²) in [5, 5.41) is 10.2. The summed E-state index contributed by atoms with van der Waals surface area (Å²) in [5.74, 6) is -0.869. The minimum absolute atomic E-state index is 0.0298. The molecule has 21 heavy (non-hydrogen) atoms. The Hall–Kier alpha value is -2.00. The Kier molecular flexibility index (Phi) is 6.76. The van der Waals surface area contributed by atoms with Crippen molar-refractivity contribution in [2.24, 2.45) is 5.73 Å². The van der Waals surface area contributed by atoms with Crippen LogP contribution in [0.2, 0.25) is 0 Å². The maximum Gasteiger partial charge on any atom is 0.360 e. The van der Waals surface area contributed by atoms with E-state index < -0.39 is 5.97 Å². The molecule has 0 aliphatic carbocycles. The summed E-state index contributed by atoms with van der Waals surface area (Å²) in [6.07, 6.45) is 0. The first kappa shape index (κ1) is 17.1. The van der Waals surface area contributed by atoms with Gasteiger partial charge in [0.15, 0.2) is 5.69 Å². The number of aromatic nitrogens is 3. The number of nitrogens with one attached hydrogen (secondary N) is 1. The molecule has 9 heteroatoms. The van der Waals surface area contributed by atoms with Crippen molar-refractivity contribution < 1.29 is 19.1 Å². The Labute approximate surface area is 122 Å². The minimum atomic E-state index is -0.600. The number of esters is 1. The lowest BCUT2D eigenvalue weighted by Gasteiger charge is -2.13. The second-order valence-corrected chi connectivity index (χ2v) is 4.39. The second kappa shape index (κ2) is 8.32. The van der Waals surface area contributed by atoms with E-state index in [2.05, 4.69) is 15.6 Å². The predicted molar refractivity (Wildman–Crippen MR) is 73.4 cm³/mol. The molecule has 1 heterocycles. The fraction of sp³-hybridized carbons (Fsp3) is 0.667. The molecule has 0 aromatic carbocycles. The van der Waals surface area contributed by atoms with E-state index in [0.29, 0.717) is 12.3 Å². The smallest absolute Gasteiger partial charge is 0.360 e. The van der Waals surface area contributed by atoms with Gasteiger partial charge in [-0.1, -0.05) is 5.21 Å². The van der Waals surface area contributed by atoms with E-state index >= 15 is 0 Å². The van der Waals surface area contributed by atoms with Gasteiger partial charge in [-0.2, -0.15) is 0 Å². The first-order valence-electron chi connectivity index (χ1n) is 6.61. The Bertz CT molecular complexity index is 488. The van der Waals surface area contributed by atoms with Crippen LogP contribution in [0.25, 0.3) is 0 Å². The average Bonchev–Trinajstić information content (AvgIpc) is 2.81. The topological polar surface area (TPSA) is 121 Å². The highest BCUT2D eigenvalue weighted by atomic mass is 16.5. The molecule has 0 fully saturated rings. The molecule has 0 aliphatic heterocycles. The van der Waals surface area contributed by atoms with Gasteiger partial charge in [0.1, 0.15) is 6.54 Å². The van der Waals surface area contributed by atoms with E-state index in [1.54, 1.807) is 14.0 Å². The van der Waals surface area contributed by atoms with Crippen molar-refractivity contribution in [3.05, 3.63) is 11.4 Å². The molecule has 1 atom stereocenters. The molecule has 9 nitrogen and oxygen atoms in total. The standard InChI is InChI=1S/C12H21N5O4/c1-4-21-12(19)11-9(5-13)17(16-15-11)6-10(18)14-8(2)7-20-3/h8H,4-7,13H2,1-3H3,(H,14,18). The van der Waals surface area contributed by atoms with Crippen LogP contribution in [-0.2, 0) is 27.4 Å². The quantitative estimate of drug-likeness (QED) is 0.594. The van der Waals surface area contributed by atoms with E-state index in [-0.39, 0.29) is 37.3 Å². The number of ether oxygens (including phenoxy) is 2. The third kappa shape index (κ3) is 4.80. The maximum atomic E-state index is 11.9. The second-order valence-electron chi connectivity index (χ2n) is 4.39. The molecular formula is C12H21N5O4. The summed E-state index contributed by atoms with van der Waals surface area (Å²) in [5.41, 5.74) is 6.00. The van der Waals surface area contributed by atoms with Crippen LogP contribution in [-0.4, -0.2) is 53.2 Å². The number of carbonyl (C=O) groups excluding carboxylic acids is 2. The summed E-state index contributed by atoms with van der Waals surface area (Å²) in [4.78, 5) is 23.5. The van der Waals surface area contributed by atoms with Gasteiger partial charge in [0.25, 0.3) is 0 Å². The molecule has 0 saturated carbocycles. The maximum absolute atomic E-state index is 11.9. The Morgan fingerprint density at radius 3 is 2.76 bits per heavy atom. The molecule has 1 aromatic rings. The largest absolute Gasteiger partial charge is 0.461 e. The lowest BCUT2D eigenvalue weighted by atomic mass is 10.3. The van der Waals surface area contributed by atoms with Crippen molar-refractivity contribution in [1.29, 1.82) is 0 Å². The van der Waals surface area contributed by atoms with Crippen molar-refractivity contribution in [3.63, 3.8) is 0 Å². The normalized spacial score (nSPS) is 12.0. The number of amides is 1. The van der Waals surface area contributed by atoms with Crippen LogP contribution >= 0.6 is 0 Å². The highest BCUT2D eigenvalue weighted by Crippen LogP contribution is 2.06. The number of nitrogens with zero attached hydrogens (tertiary/aromatic N) is 3. The molecule has 1 rings (SSSR count). The van der Waals surface area contributed by atoms with E-state index in [1.807, 2.05) is 6.92 Å². The van der Waals surface area contributed by atoms with E-state index in [1.165, 1.54) is 4.68 Å². The zero-order valence-electron chi connectivity index (χ0n) is 12.5. The zero-order chi connectivity index (χ0) is 15.8. The third-order valence-corrected chi connectivity index (χ3v) is 2.62. The highest BCUT2D eigenvalue weighted by molar-refractivity contribution is 5.88. The van der Waals surface area contributed by atoms with E-state index in [0.717, 1.165) is 0 Å². The van der Waals surface area contributed by atoms with Gasteiger partial charge in [0, 0.05) is 19.7 Å². The predicted octanol–water partition coefficient (Wildman–Crippen LogP) is -0.935. The van der Waals surface area contributed by atoms with Gasteiger partial charge in [0.05, 0.1) is 18.9 Å². The molecule has 1 unspecified atom stereocenters. The van der Waals surface area contributed by atoms with Gasteiger partial charge in [-0.05, 0) is 13.8 Å². The van der Waals surface area contributed by atoms with Gasteiger partial charge >= 0.3 is 5.97 Å². The van der Waals surface area contributed by atoms with Crippen LogP contribution in [0.3, 0.4) is 0 Å². The van der Waals surface area contributed by atoms with Crippen LogP contribution in [0, 0.1) is 0 Å². The van der Waals surface area contributed by atoms with Gasteiger partial charge in [-0.25, -0.2) is 9.48 Å². The number of carbonyl (C=O) groups is 2. The molecule has 1 amide bonds. The summed E-state index contributed by atoms with van der Waals surface area (Å²) in [7, 11) is 1.55. The first-order chi connectivity index (χ1) is 10.0. The number of nitrogens with two attached hydrogens (primary N) is 1. The SMILES string of the molecule is CCOC(=O)c1nnn(CC(=O)NC(C)COC)c1CN. The number of hydrogen-bond donors (Lipinski definition) is 2. The van der Waals surface area contributed by atoms with Crippen molar-refractivity contribution in [3.8, 4) is 0 Å². The van der Waals surface area contributed by atoms with E-state index in [4.69, 9.17) is 15.2 Å². The molecule has 1 aromatic heterocycles. The molecule has 0 bridgehead atoms. The summed E-state index contributed by atoms with van der Waals surface area (Å²) in [6.45, 7) is 4.09. The zero-order valence-corrected chi connectivity index (χ0v) is 12.5. The Morgan fingerprint density at radius 1 is 1.48 bits per heavy atom. The number of rotatable bonds is 8. The summed E-state index contributed by atoms with van der Waals surface area (Å²) < 4.78 is 11.1. The van der Waals surface area contributed by atoms with Crippen molar-refractivity contribution in [2.75, 3.05) is 20.3 Å². The molecule has 0 aliphatic rings. The van der Waals surface area contributed by atoms with Crippen LogP contribution in [0.1, 0.15) is 30.0 Å². The third-order valence-electron chi connectivity index (χ3n) is 2.62. The van der Waals surface area contributed by atoms with Crippen LogP contribution < -0.4 is 11.1 Å².